The van der Waals surface area contributed by atoms with E-state index >= 15 is 0 Å². The highest BCUT2D eigenvalue weighted by Gasteiger charge is 2.61. The van der Waals surface area contributed by atoms with E-state index in [1.54, 1.807) is 0 Å². The van der Waals surface area contributed by atoms with Crippen LogP contribution in [0.1, 0.15) is 83.4 Å². The van der Waals surface area contributed by atoms with Crippen LogP contribution < -0.4 is 0 Å². The van der Waals surface area contributed by atoms with Gasteiger partial charge in [0.1, 0.15) is 0 Å². The minimum Gasteiger partial charge on any atom is -0.393 e. The number of fused-ring (bicyclic) bond motifs is 5. The highest BCUT2D eigenvalue weighted by molar-refractivity contribution is 5.56. The van der Waals surface area contributed by atoms with Crippen molar-refractivity contribution in [1.29, 1.82) is 0 Å². The molecule has 0 amide bonds. The summed E-state index contributed by atoms with van der Waals surface area (Å²) in [6.45, 7) is 9.97. The summed E-state index contributed by atoms with van der Waals surface area (Å²) in [6.07, 6.45) is 13.1. The van der Waals surface area contributed by atoms with E-state index in [-0.39, 0.29) is 17.6 Å². The van der Waals surface area contributed by atoms with E-state index < -0.39 is 0 Å². The number of aryl methyl sites for hydroxylation is 2. The average molecular weight is 413 g/mol. The van der Waals surface area contributed by atoms with Gasteiger partial charge in [0.15, 0.2) is 0 Å². The number of hydrogen-bond donors (Lipinski definition) is 2. The number of nitrogens with zero attached hydrogens (tertiary/aromatic N) is 2. The topological polar surface area (TPSA) is 58.3 Å². The maximum absolute atomic E-state index is 11.5. The van der Waals surface area contributed by atoms with Crippen molar-refractivity contribution < 1.29 is 10.2 Å². The smallest absolute Gasteiger partial charge is 0.0809 e. The van der Waals surface area contributed by atoms with Crippen LogP contribution in [0.2, 0.25) is 0 Å². The SMILES string of the molecule is CCn1cc(/C=C2/C[C@@H]3[C@H]4CC[C@H]5C[C@@H](O)CC[C@]5(C)[C@@H]4CC[C@]3(C)[C@H]2O)c(C)n1. The zero-order chi connectivity index (χ0) is 21.3. The number of aliphatic hydroxyl groups excluding tert-OH is 2. The largest absolute Gasteiger partial charge is 0.393 e. The van der Waals surface area contributed by atoms with Gasteiger partial charge in [0.05, 0.1) is 17.9 Å². The first-order valence-electron chi connectivity index (χ1n) is 12.4. The van der Waals surface area contributed by atoms with E-state index in [9.17, 15) is 10.2 Å². The Bertz CT molecular complexity index is 844. The molecule has 4 heteroatoms. The molecule has 0 saturated heterocycles. The van der Waals surface area contributed by atoms with Gasteiger partial charge in [-0.3, -0.25) is 4.68 Å². The summed E-state index contributed by atoms with van der Waals surface area (Å²) in [5.74, 6) is 2.76. The van der Waals surface area contributed by atoms with Crippen LogP contribution in [-0.2, 0) is 6.54 Å². The molecular formula is C26H40N2O2. The molecule has 2 N–H and O–H groups in total. The van der Waals surface area contributed by atoms with Crippen molar-refractivity contribution in [2.24, 2.45) is 34.5 Å². The van der Waals surface area contributed by atoms with Gasteiger partial charge in [-0.05, 0) is 106 Å². The predicted octanol–water partition coefficient (Wildman–Crippen LogP) is 4.97. The Morgan fingerprint density at radius 1 is 1.10 bits per heavy atom. The van der Waals surface area contributed by atoms with Crippen LogP contribution in [0.5, 0.6) is 0 Å². The fourth-order valence-corrected chi connectivity index (χ4v) is 8.27. The molecular weight excluding hydrogens is 372 g/mol. The Morgan fingerprint density at radius 3 is 2.60 bits per heavy atom. The quantitative estimate of drug-likeness (QED) is 0.721. The summed E-state index contributed by atoms with van der Waals surface area (Å²) in [7, 11) is 0. The van der Waals surface area contributed by atoms with Crippen molar-refractivity contribution in [3.63, 3.8) is 0 Å². The highest BCUT2D eigenvalue weighted by atomic mass is 16.3. The fourth-order valence-electron chi connectivity index (χ4n) is 8.27. The molecule has 0 spiro atoms. The lowest BCUT2D eigenvalue weighted by Crippen LogP contribution is -2.54. The van der Waals surface area contributed by atoms with Gasteiger partial charge in [-0.2, -0.15) is 5.10 Å². The predicted molar refractivity (Wildman–Crippen MR) is 120 cm³/mol. The molecule has 0 aromatic carbocycles. The summed E-state index contributed by atoms with van der Waals surface area (Å²) >= 11 is 0. The molecule has 4 saturated carbocycles. The van der Waals surface area contributed by atoms with Crippen LogP contribution in [0.15, 0.2) is 11.8 Å². The van der Waals surface area contributed by atoms with Crippen LogP contribution in [-0.4, -0.2) is 32.2 Å². The normalized spacial score (nSPS) is 47.1. The number of rotatable bonds is 2. The molecule has 30 heavy (non-hydrogen) atoms. The molecule has 4 aliphatic carbocycles. The molecule has 0 aliphatic heterocycles. The summed E-state index contributed by atoms with van der Waals surface area (Å²) in [4.78, 5) is 0. The molecule has 0 radical (unpaired) electrons. The maximum atomic E-state index is 11.5. The lowest BCUT2D eigenvalue weighted by Gasteiger charge is -2.60. The molecule has 0 bridgehead atoms. The third-order valence-corrected chi connectivity index (χ3v) is 10.2. The summed E-state index contributed by atoms with van der Waals surface area (Å²) in [5, 5.41) is 26.3. The standard InChI is InChI=1S/C26H40N2O2/c1-5-28-15-18(16(2)27-28)12-17-13-23-21-7-6-19-14-20(29)8-10-25(19,3)22(21)9-11-26(23,4)24(17)30/h12,15,19-24,29-30H,5-11,13-14H2,1-4H3/b17-12-/t19-,20-,21-,22+,23+,24-,25-,26-/m0/s1. The molecule has 166 valence electrons. The molecule has 4 nitrogen and oxygen atoms in total. The zero-order valence-corrected chi connectivity index (χ0v) is 19.3. The molecule has 4 fully saturated rings. The van der Waals surface area contributed by atoms with Crippen LogP contribution >= 0.6 is 0 Å². The summed E-state index contributed by atoms with van der Waals surface area (Å²) in [5.41, 5.74) is 3.86. The van der Waals surface area contributed by atoms with E-state index in [1.807, 2.05) is 4.68 Å². The van der Waals surface area contributed by atoms with E-state index in [0.29, 0.717) is 17.3 Å². The maximum Gasteiger partial charge on any atom is 0.0809 e. The lowest BCUT2D eigenvalue weighted by molar-refractivity contribution is -0.133. The number of aliphatic hydroxyl groups is 2. The van der Waals surface area contributed by atoms with Crippen molar-refractivity contribution in [3.8, 4) is 0 Å². The number of hydrogen-bond acceptors (Lipinski definition) is 3. The first-order chi connectivity index (χ1) is 14.3. The second kappa shape index (κ2) is 7.20. The first-order valence-corrected chi connectivity index (χ1v) is 12.4. The van der Waals surface area contributed by atoms with E-state index in [2.05, 4.69) is 45.1 Å². The minimum absolute atomic E-state index is 0.0129. The van der Waals surface area contributed by atoms with Gasteiger partial charge in [-0.25, -0.2) is 0 Å². The van der Waals surface area contributed by atoms with Gasteiger partial charge < -0.3 is 10.2 Å². The van der Waals surface area contributed by atoms with Crippen LogP contribution in [0.25, 0.3) is 6.08 Å². The second-order valence-electron chi connectivity index (χ2n) is 11.5. The van der Waals surface area contributed by atoms with Crippen molar-refractivity contribution in [3.05, 3.63) is 23.0 Å². The molecule has 8 atom stereocenters. The molecule has 0 unspecified atom stereocenters. The first kappa shape index (κ1) is 20.8. The van der Waals surface area contributed by atoms with Crippen molar-refractivity contribution >= 4 is 6.08 Å². The Labute approximate surface area is 181 Å². The fraction of sp³-hybridized carbons (Fsp3) is 0.808. The molecule has 5 rings (SSSR count). The summed E-state index contributed by atoms with van der Waals surface area (Å²) < 4.78 is 1.99. The Hall–Kier alpha value is -1.13. The van der Waals surface area contributed by atoms with Gasteiger partial charge >= 0.3 is 0 Å². The van der Waals surface area contributed by atoms with Gasteiger partial charge in [0, 0.05) is 23.7 Å². The second-order valence-corrected chi connectivity index (χ2v) is 11.5. The average Bonchev–Trinajstić information content (AvgIpc) is 3.20. The van der Waals surface area contributed by atoms with Gasteiger partial charge in [-0.15, -0.1) is 0 Å². The van der Waals surface area contributed by atoms with Crippen molar-refractivity contribution in [2.75, 3.05) is 0 Å². The minimum atomic E-state index is -0.327. The van der Waals surface area contributed by atoms with E-state index in [1.165, 1.54) is 36.8 Å². The third kappa shape index (κ3) is 2.97. The molecule has 1 aromatic rings. The Balaban J connectivity index is 1.44. The Morgan fingerprint density at radius 2 is 1.87 bits per heavy atom. The molecule has 1 aromatic heterocycles. The van der Waals surface area contributed by atoms with Gasteiger partial charge in [0.2, 0.25) is 0 Å². The van der Waals surface area contributed by atoms with Crippen molar-refractivity contribution in [1.82, 2.24) is 9.78 Å². The summed E-state index contributed by atoms with van der Waals surface area (Å²) in [6, 6.07) is 0. The zero-order valence-electron chi connectivity index (χ0n) is 19.3. The molecule has 4 aliphatic rings. The van der Waals surface area contributed by atoms with Crippen LogP contribution in [0.3, 0.4) is 0 Å². The van der Waals surface area contributed by atoms with Crippen LogP contribution in [0, 0.1) is 41.4 Å². The third-order valence-electron chi connectivity index (χ3n) is 10.2. The van der Waals surface area contributed by atoms with E-state index in [0.717, 1.165) is 49.8 Å². The number of aromatic nitrogens is 2. The van der Waals surface area contributed by atoms with Crippen molar-refractivity contribution in [2.45, 2.75) is 97.8 Å². The highest BCUT2D eigenvalue weighted by Crippen LogP contribution is 2.67. The Kier molecular flexibility index (Phi) is 4.98. The monoisotopic (exact) mass is 412 g/mol. The van der Waals surface area contributed by atoms with Gasteiger partial charge in [-0.1, -0.05) is 13.8 Å². The lowest BCUT2D eigenvalue weighted by atomic mass is 9.45. The molecule has 1 heterocycles. The van der Waals surface area contributed by atoms with Crippen LogP contribution in [0.4, 0.5) is 0 Å². The van der Waals surface area contributed by atoms with Gasteiger partial charge in [0.25, 0.3) is 0 Å². The van der Waals surface area contributed by atoms with E-state index in [4.69, 9.17) is 0 Å².